The standard InChI is InChI=1S/C15H13BrF2N2O/c1-9(10-3-5-19-6-4-10)20(2)15(21)14-12(17)7-11(16)8-13(14)18/h3-9H,1-2H3. The molecule has 21 heavy (non-hydrogen) atoms. The van der Waals surface area contributed by atoms with Gasteiger partial charge in [0, 0.05) is 23.9 Å². The van der Waals surface area contributed by atoms with Crippen molar-refractivity contribution in [1.29, 1.82) is 0 Å². The minimum Gasteiger partial charge on any atom is -0.335 e. The topological polar surface area (TPSA) is 33.2 Å². The van der Waals surface area contributed by atoms with E-state index in [1.807, 2.05) is 0 Å². The van der Waals surface area contributed by atoms with Crippen LogP contribution in [0.15, 0.2) is 41.1 Å². The zero-order chi connectivity index (χ0) is 15.6. The first-order valence-corrected chi connectivity index (χ1v) is 7.02. The van der Waals surface area contributed by atoms with Crippen LogP contribution in [0.2, 0.25) is 0 Å². The maximum Gasteiger partial charge on any atom is 0.260 e. The van der Waals surface area contributed by atoms with E-state index in [4.69, 9.17) is 0 Å². The number of nitrogens with zero attached hydrogens (tertiary/aromatic N) is 2. The summed E-state index contributed by atoms with van der Waals surface area (Å²) < 4.78 is 28.0. The lowest BCUT2D eigenvalue weighted by Gasteiger charge is -2.25. The molecular weight excluding hydrogens is 342 g/mol. The Hall–Kier alpha value is -1.82. The highest BCUT2D eigenvalue weighted by atomic mass is 79.9. The van der Waals surface area contributed by atoms with Crippen molar-refractivity contribution in [2.24, 2.45) is 0 Å². The van der Waals surface area contributed by atoms with Gasteiger partial charge in [-0.15, -0.1) is 0 Å². The summed E-state index contributed by atoms with van der Waals surface area (Å²) in [7, 11) is 1.51. The third-order valence-electron chi connectivity index (χ3n) is 3.31. The normalized spacial score (nSPS) is 12.0. The zero-order valence-electron chi connectivity index (χ0n) is 11.5. The van der Waals surface area contributed by atoms with E-state index >= 15 is 0 Å². The molecule has 3 nitrogen and oxygen atoms in total. The summed E-state index contributed by atoms with van der Waals surface area (Å²) >= 11 is 2.99. The number of halogens is 3. The Morgan fingerprint density at radius 1 is 1.24 bits per heavy atom. The molecule has 1 unspecified atom stereocenters. The summed E-state index contributed by atoms with van der Waals surface area (Å²) in [6, 6.07) is 5.32. The summed E-state index contributed by atoms with van der Waals surface area (Å²) in [6.07, 6.45) is 3.20. The average Bonchev–Trinajstić information content (AvgIpc) is 2.45. The number of hydrogen-bond acceptors (Lipinski definition) is 2. The lowest BCUT2D eigenvalue weighted by atomic mass is 10.1. The monoisotopic (exact) mass is 354 g/mol. The Bertz CT molecular complexity index is 641. The Morgan fingerprint density at radius 3 is 2.29 bits per heavy atom. The first-order chi connectivity index (χ1) is 9.91. The summed E-state index contributed by atoms with van der Waals surface area (Å²) in [6.45, 7) is 1.78. The number of carbonyl (C=O) groups excluding carboxylic acids is 1. The van der Waals surface area contributed by atoms with Gasteiger partial charge < -0.3 is 4.90 Å². The maximum absolute atomic E-state index is 13.9. The van der Waals surface area contributed by atoms with Gasteiger partial charge in [0.2, 0.25) is 0 Å². The fourth-order valence-electron chi connectivity index (χ4n) is 1.96. The molecular formula is C15H13BrF2N2O. The molecule has 1 amide bonds. The van der Waals surface area contributed by atoms with Crippen molar-refractivity contribution < 1.29 is 13.6 Å². The highest BCUT2D eigenvalue weighted by molar-refractivity contribution is 9.10. The van der Waals surface area contributed by atoms with Crippen LogP contribution < -0.4 is 0 Å². The van der Waals surface area contributed by atoms with Crippen LogP contribution >= 0.6 is 15.9 Å². The van der Waals surface area contributed by atoms with Gasteiger partial charge in [-0.1, -0.05) is 15.9 Å². The van der Waals surface area contributed by atoms with Crippen molar-refractivity contribution in [3.8, 4) is 0 Å². The van der Waals surface area contributed by atoms with Crippen molar-refractivity contribution in [3.63, 3.8) is 0 Å². The highest BCUT2D eigenvalue weighted by Crippen LogP contribution is 2.24. The molecule has 1 aromatic heterocycles. The molecule has 6 heteroatoms. The molecule has 0 aliphatic carbocycles. The first kappa shape index (κ1) is 15.6. The average molecular weight is 355 g/mol. The van der Waals surface area contributed by atoms with E-state index in [0.717, 1.165) is 17.7 Å². The molecule has 0 radical (unpaired) electrons. The van der Waals surface area contributed by atoms with Gasteiger partial charge >= 0.3 is 0 Å². The van der Waals surface area contributed by atoms with E-state index < -0.39 is 23.1 Å². The molecule has 1 heterocycles. The molecule has 0 fully saturated rings. The first-order valence-electron chi connectivity index (χ1n) is 6.23. The predicted molar refractivity (Wildman–Crippen MR) is 78.8 cm³/mol. The van der Waals surface area contributed by atoms with E-state index in [0.29, 0.717) is 0 Å². The van der Waals surface area contributed by atoms with Crippen LogP contribution in [0.25, 0.3) is 0 Å². The van der Waals surface area contributed by atoms with E-state index in [9.17, 15) is 13.6 Å². The second-order valence-corrected chi connectivity index (χ2v) is 5.53. The van der Waals surface area contributed by atoms with Gasteiger partial charge in [0.15, 0.2) is 0 Å². The predicted octanol–water partition coefficient (Wildman–Crippen LogP) is 3.96. The van der Waals surface area contributed by atoms with Crippen LogP contribution in [0.3, 0.4) is 0 Å². The molecule has 0 bridgehead atoms. The number of amides is 1. The number of aromatic nitrogens is 1. The molecule has 0 saturated carbocycles. The van der Waals surface area contributed by atoms with Gasteiger partial charge in [0.05, 0.1) is 6.04 Å². The van der Waals surface area contributed by atoms with Crippen molar-refractivity contribution in [2.75, 3.05) is 7.05 Å². The third kappa shape index (κ3) is 3.26. The van der Waals surface area contributed by atoms with Gasteiger partial charge in [0.25, 0.3) is 5.91 Å². The van der Waals surface area contributed by atoms with Crippen molar-refractivity contribution in [3.05, 3.63) is 63.9 Å². The SMILES string of the molecule is CC(c1ccncc1)N(C)C(=O)c1c(F)cc(Br)cc1F. The van der Waals surface area contributed by atoms with Gasteiger partial charge in [-0.25, -0.2) is 8.78 Å². The van der Waals surface area contributed by atoms with Gasteiger partial charge in [0.1, 0.15) is 17.2 Å². The molecule has 0 aliphatic heterocycles. The Morgan fingerprint density at radius 2 is 1.76 bits per heavy atom. The van der Waals surface area contributed by atoms with Gasteiger partial charge in [-0.05, 0) is 36.8 Å². The van der Waals surface area contributed by atoms with Crippen LogP contribution in [-0.4, -0.2) is 22.8 Å². The maximum atomic E-state index is 13.9. The Labute approximate surface area is 129 Å². The van der Waals surface area contributed by atoms with Crippen LogP contribution in [0, 0.1) is 11.6 Å². The number of pyridine rings is 1. The summed E-state index contributed by atoms with van der Waals surface area (Å²) in [4.78, 5) is 17.5. The minimum absolute atomic E-state index is 0.249. The van der Waals surface area contributed by atoms with Crippen molar-refractivity contribution in [1.82, 2.24) is 9.88 Å². The van der Waals surface area contributed by atoms with Crippen LogP contribution in [0.5, 0.6) is 0 Å². The fraction of sp³-hybridized carbons (Fsp3) is 0.200. The van der Waals surface area contributed by atoms with Crippen LogP contribution in [0.1, 0.15) is 28.9 Å². The largest absolute Gasteiger partial charge is 0.335 e. The Kier molecular flexibility index (Phi) is 4.67. The molecule has 1 aromatic carbocycles. The summed E-state index contributed by atoms with van der Waals surface area (Å²) in [5, 5.41) is 0. The Balaban J connectivity index is 2.32. The van der Waals surface area contributed by atoms with Gasteiger partial charge in [-0.3, -0.25) is 9.78 Å². The third-order valence-corrected chi connectivity index (χ3v) is 3.77. The second kappa shape index (κ2) is 6.30. The lowest BCUT2D eigenvalue weighted by Crippen LogP contribution is -2.31. The van der Waals surface area contributed by atoms with Gasteiger partial charge in [-0.2, -0.15) is 0 Å². The summed E-state index contributed by atoms with van der Waals surface area (Å²) in [5.74, 6) is -2.48. The fourth-order valence-corrected chi connectivity index (χ4v) is 2.37. The van der Waals surface area contributed by atoms with Crippen molar-refractivity contribution >= 4 is 21.8 Å². The second-order valence-electron chi connectivity index (χ2n) is 4.62. The minimum atomic E-state index is -0.888. The molecule has 0 aliphatic rings. The summed E-state index contributed by atoms with van der Waals surface area (Å²) in [5.41, 5.74) is 0.278. The molecule has 1 atom stereocenters. The van der Waals surface area contributed by atoms with E-state index in [1.165, 1.54) is 11.9 Å². The molecule has 2 rings (SSSR count). The molecule has 0 N–H and O–H groups in total. The molecule has 110 valence electrons. The van der Waals surface area contributed by atoms with E-state index in [2.05, 4.69) is 20.9 Å². The molecule has 0 saturated heterocycles. The molecule has 2 aromatic rings. The smallest absolute Gasteiger partial charge is 0.260 e. The number of rotatable bonds is 3. The zero-order valence-corrected chi connectivity index (χ0v) is 13.1. The van der Waals surface area contributed by atoms with Crippen LogP contribution in [0.4, 0.5) is 8.78 Å². The van der Waals surface area contributed by atoms with Crippen molar-refractivity contribution in [2.45, 2.75) is 13.0 Å². The highest BCUT2D eigenvalue weighted by Gasteiger charge is 2.25. The molecule has 0 spiro atoms. The number of carbonyl (C=O) groups is 1. The van der Waals surface area contributed by atoms with E-state index in [-0.39, 0.29) is 10.5 Å². The van der Waals surface area contributed by atoms with E-state index in [1.54, 1.807) is 31.5 Å². The van der Waals surface area contributed by atoms with Crippen LogP contribution in [-0.2, 0) is 0 Å². The quantitative estimate of drug-likeness (QED) is 0.835. The number of benzene rings is 1. The lowest BCUT2D eigenvalue weighted by molar-refractivity contribution is 0.0732. The number of hydrogen-bond donors (Lipinski definition) is 0.